The summed E-state index contributed by atoms with van der Waals surface area (Å²) in [6.45, 7) is 13.0. The molecule has 1 heterocycles. The minimum atomic E-state index is -0.349. The number of hydrogen-bond donors (Lipinski definition) is 1. The molecule has 1 aliphatic rings. The maximum Gasteiger partial charge on any atom is 0.245 e. The second-order valence-corrected chi connectivity index (χ2v) is 7.21. The van der Waals surface area contributed by atoms with E-state index in [9.17, 15) is 9.59 Å². The van der Waals surface area contributed by atoms with Crippen molar-refractivity contribution in [1.29, 1.82) is 0 Å². The van der Waals surface area contributed by atoms with Crippen molar-refractivity contribution in [3.63, 3.8) is 0 Å². The van der Waals surface area contributed by atoms with Crippen molar-refractivity contribution >= 4 is 11.8 Å². The van der Waals surface area contributed by atoms with Crippen LogP contribution in [0.4, 0.5) is 0 Å². The van der Waals surface area contributed by atoms with E-state index in [0.29, 0.717) is 18.9 Å². The average Bonchev–Trinajstić information content (AvgIpc) is 2.23. The van der Waals surface area contributed by atoms with Crippen LogP contribution in [0.15, 0.2) is 0 Å². The molecule has 0 aromatic carbocycles. The van der Waals surface area contributed by atoms with Crippen LogP contribution in [0.5, 0.6) is 0 Å². The Hall–Kier alpha value is -1.06. The standard InChI is InChI=1S/C15H28N2O2/c1-10(2)9-12-14(19)17(8-7-15(4,5)6)11(3)13(18)16-12/h10-12H,7-9H2,1-6H3,(H,16,18). The minimum Gasteiger partial charge on any atom is -0.343 e. The molecule has 0 aromatic heterocycles. The molecule has 2 unspecified atom stereocenters. The lowest BCUT2D eigenvalue weighted by atomic mass is 9.91. The molecule has 0 bridgehead atoms. The minimum absolute atomic E-state index is 0.0286. The van der Waals surface area contributed by atoms with Crippen molar-refractivity contribution in [2.24, 2.45) is 11.3 Å². The second-order valence-electron chi connectivity index (χ2n) is 7.21. The molecule has 1 fully saturated rings. The highest BCUT2D eigenvalue weighted by Gasteiger charge is 2.38. The van der Waals surface area contributed by atoms with E-state index in [-0.39, 0.29) is 29.3 Å². The van der Waals surface area contributed by atoms with Gasteiger partial charge in [-0.3, -0.25) is 9.59 Å². The lowest BCUT2D eigenvalue weighted by Gasteiger charge is -2.39. The molecular weight excluding hydrogens is 240 g/mol. The van der Waals surface area contributed by atoms with Gasteiger partial charge in [-0.05, 0) is 31.1 Å². The highest BCUT2D eigenvalue weighted by molar-refractivity contribution is 5.96. The van der Waals surface area contributed by atoms with Crippen molar-refractivity contribution < 1.29 is 9.59 Å². The smallest absolute Gasteiger partial charge is 0.245 e. The number of hydrogen-bond acceptors (Lipinski definition) is 2. The molecule has 2 atom stereocenters. The Morgan fingerprint density at radius 3 is 2.32 bits per heavy atom. The largest absolute Gasteiger partial charge is 0.343 e. The summed E-state index contributed by atoms with van der Waals surface area (Å²) in [5.74, 6) is 0.441. The molecule has 4 heteroatoms. The van der Waals surface area contributed by atoms with Crippen molar-refractivity contribution in [2.45, 2.75) is 66.5 Å². The maximum atomic E-state index is 12.4. The van der Waals surface area contributed by atoms with Crippen molar-refractivity contribution in [3.05, 3.63) is 0 Å². The Morgan fingerprint density at radius 2 is 1.84 bits per heavy atom. The fraction of sp³-hybridized carbons (Fsp3) is 0.867. The highest BCUT2D eigenvalue weighted by atomic mass is 16.2. The van der Waals surface area contributed by atoms with Gasteiger partial charge in [0.1, 0.15) is 12.1 Å². The van der Waals surface area contributed by atoms with E-state index < -0.39 is 0 Å². The predicted octanol–water partition coefficient (Wildman–Crippen LogP) is 2.18. The van der Waals surface area contributed by atoms with Crippen LogP contribution >= 0.6 is 0 Å². The third-order valence-electron chi connectivity index (χ3n) is 3.55. The maximum absolute atomic E-state index is 12.4. The van der Waals surface area contributed by atoms with Gasteiger partial charge in [0.15, 0.2) is 0 Å². The summed E-state index contributed by atoms with van der Waals surface area (Å²) in [7, 11) is 0. The Balaban J connectivity index is 2.75. The number of amides is 2. The molecule has 4 nitrogen and oxygen atoms in total. The summed E-state index contributed by atoms with van der Waals surface area (Å²) in [4.78, 5) is 26.2. The number of piperazine rings is 1. The van der Waals surface area contributed by atoms with Gasteiger partial charge in [-0.1, -0.05) is 34.6 Å². The zero-order chi connectivity index (χ0) is 14.8. The Kier molecular flexibility index (Phi) is 4.99. The van der Waals surface area contributed by atoms with Gasteiger partial charge in [-0.15, -0.1) is 0 Å². The van der Waals surface area contributed by atoms with Crippen LogP contribution in [0.25, 0.3) is 0 Å². The molecule has 0 spiro atoms. The third kappa shape index (κ3) is 4.51. The molecule has 0 radical (unpaired) electrons. The molecule has 0 aromatic rings. The number of nitrogens with zero attached hydrogens (tertiary/aromatic N) is 1. The summed E-state index contributed by atoms with van der Waals surface area (Å²) in [5.41, 5.74) is 0.168. The molecular formula is C15H28N2O2. The molecule has 110 valence electrons. The van der Waals surface area contributed by atoms with Crippen LogP contribution < -0.4 is 5.32 Å². The van der Waals surface area contributed by atoms with E-state index in [1.165, 1.54) is 0 Å². The third-order valence-corrected chi connectivity index (χ3v) is 3.55. The number of carbonyl (C=O) groups is 2. The molecule has 1 saturated heterocycles. The number of nitrogens with one attached hydrogen (secondary N) is 1. The number of carbonyl (C=O) groups excluding carboxylic acids is 2. The van der Waals surface area contributed by atoms with E-state index in [4.69, 9.17) is 0 Å². The molecule has 1 rings (SSSR count). The van der Waals surface area contributed by atoms with Crippen LogP contribution in [0.2, 0.25) is 0 Å². The van der Waals surface area contributed by atoms with Gasteiger partial charge < -0.3 is 10.2 Å². The van der Waals surface area contributed by atoms with Gasteiger partial charge in [0.25, 0.3) is 0 Å². The first-order valence-corrected chi connectivity index (χ1v) is 7.22. The SMILES string of the molecule is CC(C)CC1NC(=O)C(C)N(CCC(C)(C)C)C1=O. The second kappa shape index (κ2) is 5.93. The first-order valence-electron chi connectivity index (χ1n) is 7.22. The van der Waals surface area contributed by atoms with Crippen molar-refractivity contribution in [3.8, 4) is 0 Å². The highest BCUT2D eigenvalue weighted by Crippen LogP contribution is 2.22. The van der Waals surface area contributed by atoms with E-state index >= 15 is 0 Å². The van der Waals surface area contributed by atoms with Crippen molar-refractivity contribution in [2.75, 3.05) is 6.54 Å². The lowest BCUT2D eigenvalue weighted by molar-refractivity contribution is -0.149. The van der Waals surface area contributed by atoms with Crippen LogP contribution in [-0.2, 0) is 9.59 Å². The molecule has 0 aliphatic carbocycles. The Bertz CT molecular complexity index is 345. The van der Waals surface area contributed by atoms with E-state index in [2.05, 4.69) is 39.9 Å². The fourth-order valence-corrected chi connectivity index (χ4v) is 2.28. The zero-order valence-corrected chi connectivity index (χ0v) is 13.1. The molecule has 19 heavy (non-hydrogen) atoms. The monoisotopic (exact) mass is 268 g/mol. The average molecular weight is 268 g/mol. The van der Waals surface area contributed by atoms with Gasteiger partial charge in [-0.2, -0.15) is 0 Å². The van der Waals surface area contributed by atoms with Gasteiger partial charge in [0.05, 0.1) is 0 Å². The summed E-state index contributed by atoms with van der Waals surface area (Å²) in [6, 6.07) is -0.693. The fourth-order valence-electron chi connectivity index (χ4n) is 2.28. The predicted molar refractivity (Wildman–Crippen MR) is 76.6 cm³/mol. The summed E-state index contributed by atoms with van der Waals surface area (Å²) < 4.78 is 0. The molecule has 1 aliphatic heterocycles. The molecule has 2 amide bonds. The van der Waals surface area contributed by atoms with Crippen LogP contribution in [-0.4, -0.2) is 35.3 Å². The van der Waals surface area contributed by atoms with Crippen LogP contribution in [0.1, 0.15) is 54.4 Å². The van der Waals surface area contributed by atoms with Crippen LogP contribution in [0, 0.1) is 11.3 Å². The Morgan fingerprint density at radius 1 is 1.26 bits per heavy atom. The quantitative estimate of drug-likeness (QED) is 0.849. The van der Waals surface area contributed by atoms with Gasteiger partial charge in [0, 0.05) is 6.54 Å². The number of rotatable bonds is 4. The normalized spacial score (nSPS) is 24.9. The van der Waals surface area contributed by atoms with Crippen LogP contribution in [0.3, 0.4) is 0 Å². The first kappa shape index (κ1) is 16.0. The van der Waals surface area contributed by atoms with E-state index in [1.807, 2.05) is 6.92 Å². The Labute approximate surface area is 116 Å². The molecule has 0 saturated carbocycles. The lowest BCUT2D eigenvalue weighted by Crippen LogP contribution is -2.62. The zero-order valence-electron chi connectivity index (χ0n) is 13.1. The topological polar surface area (TPSA) is 49.4 Å². The van der Waals surface area contributed by atoms with Gasteiger partial charge in [-0.25, -0.2) is 0 Å². The van der Waals surface area contributed by atoms with E-state index in [0.717, 1.165) is 6.42 Å². The van der Waals surface area contributed by atoms with Gasteiger partial charge >= 0.3 is 0 Å². The summed E-state index contributed by atoms with van der Waals surface area (Å²) in [5, 5.41) is 2.84. The first-order chi connectivity index (χ1) is 8.61. The van der Waals surface area contributed by atoms with Gasteiger partial charge in [0.2, 0.25) is 11.8 Å². The molecule has 1 N–H and O–H groups in total. The van der Waals surface area contributed by atoms with Crippen molar-refractivity contribution in [1.82, 2.24) is 10.2 Å². The summed E-state index contributed by atoms with van der Waals surface area (Å²) >= 11 is 0. The van der Waals surface area contributed by atoms with E-state index in [1.54, 1.807) is 4.90 Å². The summed E-state index contributed by atoms with van der Waals surface area (Å²) in [6.07, 6.45) is 1.62.